The Labute approximate surface area is 182 Å². The van der Waals surface area contributed by atoms with Crippen LogP contribution in [0.3, 0.4) is 0 Å². The zero-order valence-corrected chi connectivity index (χ0v) is 18.6. The predicted molar refractivity (Wildman–Crippen MR) is 116 cm³/mol. The molecule has 0 fully saturated rings. The van der Waals surface area contributed by atoms with Crippen molar-refractivity contribution >= 4 is 33.2 Å². The molecule has 1 aliphatic heterocycles. The van der Waals surface area contributed by atoms with Crippen LogP contribution >= 0.6 is 11.6 Å². The van der Waals surface area contributed by atoms with Crippen LogP contribution in [0, 0.1) is 0 Å². The van der Waals surface area contributed by atoms with Crippen LogP contribution in [0.4, 0.5) is 5.69 Å². The molecule has 1 heterocycles. The standard InChI is InChI=1S/C21H25ClN2O5S/c1-3-24(4-2)30(26,27)17-8-6-16(7-9-17)23-20(25)14-15-12-18(22)21-19(13-15)28-10-5-11-29-21/h6-9,12-13H,3-5,10-11,14H2,1-2H3,(H,23,25). The minimum atomic E-state index is -3.53. The molecular weight excluding hydrogens is 428 g/mol. The van der Waals surface area contributed by atoms with Gasteiger partial charge in [-0.1, -0.05) is 25.4 Å². The summed E-state index contributed by atoms with van der Waals surface area (Å²) < 4.78 is 37.7. The molecule has 0 saturated heterocycles. The number of sulfonamides is 1. The maximum atomic E-state index is 12.5. The van der Waals surface area contributed by atoms with Gasteiger partial charge in [0.1, 0.15) is 0 Å². The minimum absolute atomic E-state index is 0.0931. The van der Waals surface area contributed by atoms with Gasteiger partial charge in [0.2, 0.25) is 15.9 Å². The molecule has 1 amide bonds. The molecule has 0 aliphatic carbocycles. The number of nitrogens with zero attached hydrogens (tertiary/aromatic N) is 1. The van der Waals surface area contributed by atoms with E-state index in [4.69, 9.17) is 21.1 Å². The van der Waals surface area contributed by atoms with Gasteiger partial charge in [-0.05, 0) is 42.0 Å². The molecule has 0 bridgehead atoms. The van der Waals surface area contributed by atoms with Crippen molar-refractivity contribution in [3.63, 3.8) is 0 Å². The van der Waals surface area contributed by atoms with Crippen LogP contribution < -0.4 is 14.8 Å². The highest BCUT2D eigenvalue weighted by Crippen LogP contribution is 2.38. The summed E-state index contributed by atoms with van der Waals surface area (Å²) in [5.74, 6) is 0.789. The van der Waals surface area contributed by atoms with Crippen LogP contribution in [0.1, 0.15) is 25.8 Å². The monoisotopic (exact) mass is 452 g/mol. The molecular formula is C21H25ClN2O5S. The molecule has 9 heteroatoms. The number of ether oxygens (including phenoxy) is 2. The Hall–Kier alpha value is -2.29. The Morgan fingerprint density at radius 2 is 1.77 bits per heavy atom. The van der Waals surface area contributed by atoms with E-state index >= 15 is 0 Å². The van der Waals surface area contributed by atoms with E-state index in [1.54, 1.807) is 38.1 Å². The van der Waals surface area contributed by atoms with E-state index < -0.39 is 10.0 Å². The number of benzene rings is 2. The van der Waals surface area contributed by atoms with E-state index in [9.17, 15) is 13.2 Å². The maximum Gasteiger partial charge on any atom is 0.243 e. The Balaban J connectivity index is 1.68. The average molecular weight is 453 g/mol. The van der Waals surface area contributed by atoms with Crippen molar-refractivity contribution in [1.82, 2.24) is 4.31 Å². The highest BCUT2D eigenvalue weighted by Gasteiger charge is 2.21. The number of hydrogen-bond donors (Lipinski definition) is 1. The second-order valence-corrected chi connectivity index (χ2v) is 9.14. The van der Waals surface area contributed by atoms with Crippen molar-refractivity contribution in [2.24, 2.45) is 0 Å². The van der Waals surface area contributed by atoms with Crippen LogP contribution in [0.5, 0.6) is 11.5 Å². The van der Waals surface area contributed by atoms with Crippen LogP contribution in [0.15, 0.2) is 41.3 Å². The molecule has 0 spiro atoms. The van der Waals surface area contributed by atoms with Crippen molar-refractivity contribution in [2.45, 2.75) is 31.6 Å². The molecule has 1 N–H and O–H groups in total. The lowest BCUT2D eigenvalue weighted by molar-refractivity contribution is -0.115. The van der Waals surface area contributed by atoms with Gasteiger partial charge < -0.3 is 14.8 Å². The zero-order valence-electron chi connectivity index (χ0n) is 17.0. The lowest BCUT2D eigenvalue weighted by Gasteiger charge is -2.18. The lowest BCUT2D eigenvalue weighted by Crippen LogP contribution is -2.30. The molecule has 0 atom stereocenters. The van der Waals surface area contributed by atoms with Crippen molar-refractivity contribution in [1.29, 1.82) is 0 Å². The second-order valence-electron chi connectivity index (χ2n) is 6.79. The number of rotatable bonds is 7. The van der Waals surface area contributed by atoms with Gasteiger partial charge >= 0.3 is 0 Å². The first-order chi connectivity index (χ1) is 14.3. The Kier molecular flexibility index (Phi) is 7.23. The fourth-order valence-corrected chi connectivity index (χ4v) is 4.95. The normalized spacial score (nSPS) is 13.7. The van der Waals surface area contributed by atoms with Crippen molar-refractivity contribution in [2.75, 3.05) is 31.6 Å². The molecule has 0 saturated carbocycles. The van der Waals surface area contributed by atoms with Crippen LogP contribution in [0.25, 0.3) is 0 Å². The molecule has 0 aromatic heterocycles. The van der Waals surface area contributed by atoms with Gasteiger partial charge in [0.25, 0.3) is 0 Å². The number of carbonyl (C=O) groups excluding carboxylic acids is 1. The van der Waals surface area contributed by atoms with Crippen LogP contribution in [-0.4, -0.2) is 44.9 Å². The van der Waals surface area contributed by atoms with Gasteiger partial charge in [-0.2, -0.15) is 4.31 Å². The second kappa shape index (κ2) is 9.68. The van der Waals surface area contributed by atoms with Crippen LogP contribution in [0.2, 0.25) is 5.02 Å². The van der Waals surface area contributed by atoms with Crippen LogP contribution in [-0.2, 0) is 21.2 Å². The first-order valence-corrected chi connectivity index (χ1v) is 11.6. The number of fused-ring (bicyclic) bond motifs is 1. The summed E-state index contributed by atoms with van der Waals surface area (Å²) in [5, 5.41) is 3.18. The fraction of sp³-hybridized carbons (Fsp3) is 0.381. The third-order valence-electron chi connectivity index (χ3n) is 4.71. The van der Waals surface area contributed by atoms with Gasteiger partial charge in [-0.3, -0.25) is 4.79 Å². The lowest BCUT2D eigenvalue weighted by atomic mass is 10.1. The summed E-state index contributed by atoms with van der Waals surface area (Å²) >= 11 is 6.28. The number of amides is 1. The first kappa shape index (κ1) is 22.4. The number of anilines is 1. The SMILES string of the molecule is CCN(CC)S(=O)(=O)c1ccc(NC(=O)Cc2cc(Cl)c3c(c2)OCCCO3)cc1. The van der Waals surface area contributed by atoms with Gasteiger partial charge in [0.15, 0.2) is 11.5 Å². The van der Waals surface area contributed by atoms with E-state index in [1.807, 2.05) is 0 Å². The largest absolute Gasteiger partial charge is 0.489 e. The average Bonchev–Trinajstić information content (AvgIpc) is 2.95. The topological polar surface area (TPSA) is 84.9 Å². The molecule has 0 unspecified atom stereocenters. The summed E-state index contributed by atoms with van der Waals surface area (Å²) in [6.07, 6.45) is 0.858. The highest BCUT2D eigenvalue weighted by atomic mass is 35.5. The quantitative estimate of drug-likeness (QED) is 0.692. The molecule has 3 rings (SSSR count). The molecule has 30 heavy (non-hydrogen) atoms. The third-order valence-corrected chi connectivity index (χ3v) is 7.05. The Bertz CT molecular complexity index is 1000. The van der Waals surface area contributed by atoms with E-state index in [-0.39, 0.29) is 17.2 Å². The van der Waals surface area contributed by atoms with Crippen molar-refractivity contribution in [3.05, 3.63) is 47.0 Å². The minimum Gasteiger partial charge on any atom is -0.489 e. The Morgan fingerprint density at radius 1 is 1.10 bits per heavy atom. The van der Waals surface area contributed by atoms with E-state index in [0.29, 0.717) is 54.1 Å². The van der Waals surface area contributed by atoms with Crippen molar-refractivity contribution in [3.8, 4) is 11.5 Å². The molecule has 0 radical (unpaired) electrons. The summed E-state index contributed by atoms with van der Waals surface area (Å²) in [4.78, 5) is 12.7. The van der Waals surface area contributed by atoms with Gasteiger partial charge in [-0.15, -0.1) is 0 Å². The molecule has 2 aromatic rings. The number of halogens is 1. The van der Waals surface area contributed by atoms with E-state index in [1.165, 1.54) is 16.4 Å². The number of nitrogens with one attached hydrogen (secondary N) is 1. The third kappa shape index (κ3) is 5.06. The predicted octanol–water partition coefficient (Wildman–Crippen LogP) is 3.71. The molecule has 1 aliphatic rings. The smallest absolute Gasteiger partial charge is 0.243 e. The van der Waals surface area contributed by atoms with Gasteiger partial charge in [0.05, 0.1) is 29.6 Å². The van der Waals surface area contributed by atoms with E-state index in [0.717, 1.165) is 6.42 Å². The maximum absolute atomic E-state index is 12.5. The zero-order chi connectivity index (χ0) is 21.7. The van der Waals surface area contributed by atoms with Gasteiger partial charge in [-0.25, -0.2) is 8.42 Å². The number of carbonyl (C=O) groups is 1. The Morgan fingerprint density at radius 3 is 2.43 bits per heavy atom. The molecule has 7 nitrogen and oxygen atoms in total. The molecule has 2 aromatic carbocycles. The summed E-state index contributed by atoms with van der Waals surface area (Å²) in [5.41, 5.74) is 1.21. The van der Waals surface area contributed by atoms with E-state index in [2.05, 4.69) is 5.32 Å². The molecule has 162 valence electrons. The summed E-state index contributed by atoms with van der Waals surface area (Å²) in [6, 6.07) is 9.59. The van der Waals surface area contributed by atoms with Gasteiger partial charge in [0, 0.05) is 25.2 Å². The highest BCUT2D eigenvalue weighted by molar-refractivity contribution is 7.89. The fourth-order valence-electron chi connectivity index (χ4n) is 3.20. The first-order valence-electron chi connectivity index (χ1n) is 9.83. The number of hydrogen-bond acceptors (Lipinski definition) is 5. The van der Waals surface area contributed by atoms with Crippen molar-refractivity contribution < 1.29 is 22.7 Å². The summed E-state index contributed by atoms with van der Waals surface area (Å²) in [6.45, 7) is 5.45. The summed E-state index contributed by atoms with van der Waals surface area (Å²) in [7, 11) is -3.53.